The number of hydrazine groups is 1. The molecular formula is C17H19N3O3S. The van der Waals surface area contributed by atoms with Gasteiger partial charge in [0.05, 0.1) is 6.26 Å². The van der Waals surface area contributed by atoms with E-state index in [2.05, 4.69) is 36.9 Å². The maximum atomic E-state index is 12.1. The quantitative estimate of drug-likeness (QED) is 0.575. The number of hydrogen-bond donors (Lipinski definition) is 3. The van der Waals surface area contributed by atoms with Crippen LogP contribution in [-0.2, 0) is 5.41 Å². The van der Waals surface area contributed by atoms with Gasteiger partial charge in [0.2, 0.25) is 0 Å². The van der Waals surface area contributed by atoms with Crippen molar-refractivity contribution in [3.63, 3.8) is 0 Å². The fourth-order valence-electron chi connectivity index (χ4n) is 1.91. The summed E-state index contributed by atoms with van der Waals surface area (Å²) >= 11 is 4.94. The van der Waals surface area contributed by atoms with Gasteiger partial charge in [-0.2, -0.15) is 0 Å². The smallest absolute Gasteiger partial charge is 0.293 e. The first-order valence-electron chi connectivity index (χ1n) is 7.33. The van der Waals surface area contributed by atoms with Crippen molar-refractivity contribution in [2.75, 3.05) is 0 Å². The molecule has 7 heteroatoms. The molecule has 0 fully saturated rings. The summed E-state index contributed by atoms with van der Waals surface area (Å²) in [6, 6.07) is 10.4. The van der Waals surface area contributed by atoms with Crippen LogP contribution in [0.2, 0.25) is 0 Å². The first-order valence-corrected chi connectivity index (χ1v) is 7.74. The zero-order chi connectivity index (χ0) is 17.7. The van der Waals surface area contributed by atoms with Gasteiger partial charge in [0, 0.05) is 5.56 Å². The summed E-state index contributed by atoms with van der Waals surface area (Å²) in [5.74, 6) is -0.727. The molecule has 0 atom stereocenters. The van der Waals surface area contributed by atoms with E-state index in [0.29, 0.717) is 5.56 Å². The molecule has 0 aliphatic heterocycles. The average Bonchev–Trinajstić information content (AvgIpc) is 3.06. The topological polar surface area (TPSA) is 83.4 Å². The van der Waals surface area contributed by atoms with Gasteiger partial charge in [-0.05, 0) is 47.5 Å². The Morgan fingerprint density at radius 3 is 2.21 bits per heavy atom. The molecular weight excluding hydrogens is 326 g/mol. The van der Waals surface area contributed by atoms with Crippen molar-refractivity contribution in [1.29, 1.82) is 0 Å². The zero-order valence-electron chi connectivity index (χ0n) is 13.7. The van der Waals surface area contributed by atoms with Crippen molar-refractivity contribution in [3.8, 4) is 0 Å². The van der Waals surface area contributed by atoms with Crippen LogP contribution in [0.3, 0.4) is 0 Å². The van der Waals surface area contributed by atoms with Crippen LogP contribution in [-0.4, -0.2) is 16.9 Å². The highest BCUT2D eigenvalue weighted by Gasteiger charge is 2.15. The number of rotatable bonds is 2. The highest BCUT2D eigenvalue weighted by Crippen LogP contribution is 2.22. The number of amides is 2. The molecule has 24 heavy (non-hydrogen) atoms. The van der Waals surface area contributed by atoms with Crippen LogP contribution < -0.4 is 16.2 Å². The number of hydrogen-bond acceptors (Lipinski definition) is 4. The van der Waals surface area contributed by atoms with Gasteiger partial charge in [-0.15, -0.1) is 0 Å². The summed E-state index contributed by atoms with van der Waals surface area (Å²) in [4.78, 5) is 23.8. The van der Waals surface area contributed by atoms with Crippen LogP contribution in [0.4, 0.5) is 0 Å². The molecule has 3 N–H and O–H groups in total. The van der Waals surface area contributed by atoms with Crippen LogP contribution in [0.25, 0.3) is 0 Å². The molecule has 0 saturated heterocycles. The molecule has 1 aromatic heterocycles. The van der Waals surface area contributed by atoms with E-state index in [1.807, 2.05) is 12.1 Å². The fraction of sp³-hybridized carbons (Fsp3) is 0.235. The van der Waals surface area contributed by atoms with E-state index in [1.165, 1.54) is 12.3 Å². The molecule has 2 aromatic rings. The minimum Gasteiger partial charge on any atom is -0.459 e. The van der Waals surface area contributed by atoms with E-state index in [9.17, 15) is 9.59 Å². The van der Waals surface area contributed by atoms with Gasteiger partial charge in [-0.1, -0.05) is 32.9 Å². The molecule has 0 spiro atoms. The van der Waals surface area contributed by atoms with Crippen LogP contribution in [0.15, 0.2) is 47.1 Å². The van der Waals surface area contributed by atoms with E-state index in [1.54, 1.807) is 18.2 Å². The Balaban J connectivity index is 1.86. The number of nitrogens with one attached hydrogen (secondary N) is 3. The number of carbonyl (C=O) groups is 2. The third-order valence-corrected chi connectivity index (χ3v) is 3.48. The summed E-state index contributed by atoms with van der Waals surface area (Å²) in [6.07, 6.45) is 1.38. The van der Waals surface area contributed by atoms with Crippen LogP contribution in [0.5, 0.6) is 0 Å². The van der Waals surface area contributed by atoms with Gasteiger partial charge in [-0.3, -0.25) is 25.8 Å². The third kappa shape index (κ3) is 4.66. The van der Waals surface area contributed by atoms with Crippen molar-refractivity contribution < 1.29 is 14.0 Å². The van der Waals surface area contributed by atoms with Crippen LogP contribution in [0.1, 0.15) is 47.2 Å². The van der Waals surface area contributed by atoms with Gasteiger partial charge in [0.15, 0.2) is 10.9 Å². The number of thiocarbonyl (C=S) groups is 1. The van der Waals surface area contributed by atoms with Crippen molar-refractivity contribution >= 4 is 29.1 Å². The van der Waals surface area contributed by atoms with E-state index in [0.717, 1.165) is 5.56 Å². The summed E-state index contributed by atoms with van der Waals surface area (Å²) < 4.78 is 4.94. The van der Waals surface area contributed by atoms with Crippen molar-refractivity contribution in [3.05, 3.63) is 59.5 Å². The lowest BCUT2D eigenvalue weighted by Crippen LogP contribution is -2.48. The van der Waals surface area contributed by atoms with Crippen LogP contribution in [0, 0.1) is 0 Å². The summed E-state index contributed by atoms with van der Waals surface area (Å²) in [7, 11) is 0. The molecule has 2 amide bonds. The Morgan fingerprint density at radius 2 is 1.67 bits per heavy atom. The monoisotopic (exact) mass is 345 g/mol. The molecule has 1 aromatic carbocycles. The normalized spacial score (nSPS) is 10.8. The SMILES string of the molecule is CC(C)(C)c1ccc(C(=O)NNC(=S)NC(=O)c2ccco2)cc1. The van der Waals surface area contributed by atoms with Gasteiger partial charge in [0.25, 0.3) is 11.8 Å². The van der Waals surface area contributed by atoms with Crippen LogP contribution >= 0.6 is 12.2 Å². The second kappa shape index (κ2) is 7.27. The van der Waals surface area contributed by atoms with Crippen molar-refractivity contribution in [2.45, 2.75) is 26.2 Å². The second-order valence-corrected chi connectivity index (χ2v) is 6.58. The standard InChI is InChI=1S/C17H19N3O3S/c1-17(2,3)12-8-6-11(7-9-12)14(21)19-20-16(24)18-15(22)13-5-4-10-23-13/h4-10H,1-3H3,(H,19,21)(H2,18,20,22,24). The van der Waals surface area contributed by atoms with Gasteiger partial charge in [-0.25, -0.2) is 0 Å². The molecule has 6 nitrogen and oxygen atoms in total. The molecule has 0 aliphatic rings. The average molecular weight is 345 g/mol. The molecule has 2 rings (SSSR count). The van der Waals surface area contributed by atoms with E-state index >= 15 is 0 Å². The number of carbonyl (C=O) groups excluding carboxylic acids is 2. The Labute approximate surface area is 145 Å². The largest absolute Gasteiger partial charge is 0.459 e. The Bertz CT molecular complexity index is 731. The molecule has 0 saturated carbocycles. The maximum absolute atomic E-state index is 12.1. The van der Waals surface area contributed by atoms with Crippen molar-refractivity contribution in [2.24, 2.45) is 0 Å². The predicted molar refractivity (Wildman–Crippen MR) is 94.5 cm³/mol. The first kappa shape index (κ1) is 17.7. The molecule has 0 aliphatic carbocycles. The third-order valence-electron chi connectivity index (χ3n) is 3.27. The zero-order valence-corrected chi connectivity index (χ0v) is 14.5. The number of furan rings is 1. The highest BCUT2D eigenvalue weighted by molar-refractivity contribution is 7.80. The van der Waals surface area contributed by atoms with E-state index < -0.39 is 5.91 Å². The summed E-state index contributed by atoms with van der Waals surface area (Å²) in [6.45, 7) is 6.30. The summed E-state index contributed by atoms with van der Waals surface area (Å²) in [5.41, 5.74) is 6.54. The lowest BCUT2D eigenvalue weighted by atomic mass is 9.87. The minimum absolute atomic E-state index is 0.0188. The maximum Gasteiger partial charge on any atom is 0.293 e. The van der Waals surface area contributed by atoms with Gasteiger partial charge >= 0.3 is 0 Å². The summed E-state index contributed by atoms with van der Waals surface area (Å²) in [5, 5.41) is 2.36. The van der Waals surface area contributed by atoms with E-state index in [4.69, 9.17) is 16.6 Å². The lowest BCUT2D eigenvalue weighted by Gasteiger charge is -2.19. The number of benzene rings is 1. The molecule has 0 bridgehead atoms. The van der Waals surface area contributed by atoms with Gasteiger partial charge in [0.1, 0.15) is 0 Å². The molecule has 0 unspecified atom stereocenters. The lowest BCUT2D eigenvalue weighted by molar-refractivity contribution is 0.0927. The predicted octanol–water partition coefficient (Wildman–Crippen LogP) is 2.53. The first-order chi connectivity index (χ1) is 11.3. The molecule has 0 radical (unpaired) electrons. The fourth-order valence-corrected chi connectivity index (χ4v) is 2.05. The second-order valence-electron chi connectivity index (χ2n) is 6.17. The Morgan fingerprint density at radius 1 is 1.00 bits per heavy atom. The molecule has 126 valence electrons. The Hall–Kier alpha value is -2.67. The molecule has 1 heterocycles. The highest BCUT2D eigenvalue weighted by atomic mass is 32.1. The minimum atomic E-state index is -0.499. The van der Waals surface area contributed by atoms with Gasteiger partial charge < -0.3 is 4.42 Å². The van der Waals surface area contributed by atoms with Crippen molar-refractivity contribution in [1.82, 2.24) is 16.2 Å². The van der Waals surface area contributed by atoms with E-state index in [-0.39, 0.29) is 22.2 Å². The Kier molecular flexibility index (Phi) is 5.35.